The van der Waals surface area contributed by atoms with Gasteiger partial charge < -0.3 is 14.3 Å². The summed E-state index contributed by atoms with van der Waals surface area (Å²) in [6, 6.07) is 6.18. The second-order valence-electron chi connectivity index (χ2n) is 9.71. The molecule has 1 saturated heterocycles. The van der Waals surface area contributed by atoms with E-state index in [0.29, 0.717) is 12.2 Å². The highest BCUT2D eigenvalue weighted by Gasteiger charge is 2.39. The molecule has 1 aliphatic heterocycles. The predicted molar refractivity (Wildman–Crippen MR) is 122 cm³/mol. The minimum Gasteiger partial charge on any atom is -0.543 e. The summed E-state index contributed by atoms with van der Waals surface area (Å²) in [6.07, 6.45) is 4.77. The normalized spacial score (nSPS) is 17.9. The van der Waals surface area contributed by atoms with E-state index in [1.807, 2.05) is 10.7 Å². The molecule has 1 aliphatic rings. The number of aromatic nitrogens is 5. The molecular weight excluding hydrogens is 410 g/mol. The molecule has 0 spiro atoms. The van der Waals surface area contributed by atoms with Crippen LogP contribution in [0.15, 0.2) is 24.4 Å². The quantitative estimate of drug-likeness (QED) is 0.569. The van der Waals surface area contributed by atoms with Crippen molar-refractivity contribution in [2.24, 2.45) is 0 Å². The standard InChI is InChI=1S/C22H33N5O3Si/c1-22(2,3)31(4,5)30-16-9-10-19-17(14-16)21(18-15-23-26(24-18)11-12-28)25-27(19)20-8-6-7-13-29-20/h9-10,14-15,20,28H,6-8,11-13H2,1-5H3. The van der Waals surface area contributed by atoms with Gasteiger partial charge in [0.1, 0.15) is 17.1 Å². The van der Waals surface area contributed by atoms with Crippen molar-refractivity contribution in [2.75, 3.05) is 13.2 Å². The van der Waals surface area contributed by atoms with E-state index in [0.717, 1.165) is 48.2 Å². The molecule has 3 aromatic rings. The topological polar surface area (TPSA) is 87.2 Å². The maximum Gasteiger partial charge on any atom is 0.250 e. The van der Waals surface area contributed by atoms with E-state index in [1.165, 1.54) is 4.80 Å². The van der Waals surface area contributed by atoms with Crippen LogP contribution < -0.4 is 4.43 Å². The van der Waals surface area contributed by atoms with Crippen LogP contribution in [0.4, 0.5) is 0 Å². The van der Waals surface area contributed by atoms with Gasteiger partial charge in [-0.25, -0.2) is 4.68 Å². The first-order valence-electron chi connectivity index (χ1n) is 11.0. The summed E-state index contributed by atoms with van der Waals surface area (Å²) < 4.78 is 14.6. The monoisotopic (exact) mass is 443 g/mol. The highest BCUT2D eigenvalue weighted by Crippen LogP contribution is 2.39. The number of hydrogen-bond acceptors (Lipinski definition) is 6. The zero-order valence-corrected chi connectivity index (χ0v) is 20.1. The summed E-state index contributed by atoms with van der Waals surface area (Å²) in [5.74, 6) is 0.854. The van der Waals surface area contributed by atoms with Gasteiger partial charge in [0.05, 0.1) is 24.9 Å². The number of nitrogens with zero attached hydrogens (tertiary/aromatic N) is 5. The number of aliphatic hydroxyl groups excluding tert-OH is 1. The molecule has 1 atom stereocenters. The van der Waals surface area contributed by atoms with E-state index in [4.69, 9.17) is 14.3 Å². The van der Waals surface area contributed by atoms with Crippen LogP contribution in [0.3, 0.4) is 0 Å². The lowest BCUT2D eigenvalue weighted by Gasteiger charge is -2.36. The maximum absolute atomic E-state index is 9.21. The Labute approximate surface area is 184 Å². The van der Waals surface area contributed by atoms with Crippen LogP contribution >= 0.6 is 0 Å². The Morgan fingerprint density at radius 2 is 2.03 bits per heavy atom. The summed E-state index contributed by atoms with van der Waals surface area (Å²) in [5.41, 5.74) is 2.44. The summed E-state index contributed by atoms with van der Waals surface area (Å²) in [4.78, 5) is 1.49. The molecule has 1 aromatic carbocycles. The van der Waals surface area contributed by atoms with Crippen LogP contribution in [0.5, 0.6) is 5.75 Å². The molecule has 0 amide bonds. The predicted octanol–water partition coefficient (Wildman–Crippen LogP) is 4.37. The van der Waals surface area contributed by atoms with Crippen molar-refractivity contribution in [3.05, 3.63) is 24.4 Å². The summed E-state index contributed by atoms with van der Waals surface area (Å²) >= 11 is 0. The minimum atomic E-state index is -1.97. The molecule has 0 radical (unpaired) electrons. The third-order valence-corrected chi connectivity index (χ3v) is 10.7. The number of aliphatic hydroxyl groups is 1. The van der Waals surface area contributed by atoms with Crippen LogP contribution in [-0.2, 0) is 11.3 Å². The van der Waals surface area contributed by atoms with Crippen molar-refractivity contribution in [3.63, 3.8) is 0 Å². The van der Waals surface area contributed by atoms with Gasteiger partial charge in [-0.2, -0.15) is 20.1 Å². The summed E-state index contributed by atoms with van der Waals surface area (Å²) in [7, 11) is -1.97. The second-order valence-corrected chi connectivity index (χ2v) is 14.4. The molecule has 1 fully saturated rings. The van der Waals surface area contributed by atoms with Gasteiger partial charge in [0.15, 0.2) is 6.23 Å². The first-order chi connectivity index (χ1) is 14.7. The zero-order valence-electron chi connectivity index (χ0n) is 19.1. The number of ether oxygens (including phenoxy) is 1. The van der Waals surface area contributed by atoms with E-state index < -0.39 is 8.32 Å². The highest BCUT2D eigenvalue weighted by molar-refractivity contribution is 6.74. The second kappa shape index (κ2) is 8.37. The molecule has 9 heteroatoms. The van der Waals surface area contributed by atoms with Gasteiger partial charge in [-0.05, 0) is 55.6 Å². The molecule has 1 unspecified atom stereocenters. The van der Waals surface area contributed by atoms with E-state index in [9.17, 15) is 5.11 Å². The van der Waals surface area contributed by atoms with Crippen LogP contribution in [0, 0.1) is 0 Å². The first kappa shape index (κ1) is 22.0. The Morgan fingerprint density at radius 1 is 1.23 bits per heavy atom. The van der Waals surface area contributed by atoms with Crippen molar-refractivity contribution in [1.82, 2.24) is 24.8 Å². The molecule has 3 heterocycles. The third kappa shape index (κ3) is 4.39. The Kier molecular flexibility index (Phi) is 5.93. The van der Waals surface area contributed by atoms with Gasteiger partial charge in [0.25, 0.3) is 0 Å². The molecule has 168 valence electrons. The molecule has 0 saturated carbocycles. The minimum absolute atomic E-state index is 0.0102. The number of hydrogen-bond donors (Lipinski definition) is 1. The smallest absolute Gasteiger partial charge is 0.250 e. The number of fused-ring (bicyclic) bond motifs is 1. The van der Waals surface area contributed by atoms with Gasteiger partial charge in [-0.1, -0.05) is 20.8 Å². The van der Waals surface area contributed by atoms with Gasteiger partial charge in [-0.3, -0.25) is 0 Å². The molecule has 4 rings (SSSR count). The Hall–Kier alpha value is -2.23. The van der Waals surface area contributed by atoms with Crippen molar-refractivity contribution in [3.8, 4) is 17.1 Å². The molecular formula is C22H33N5O3Si. The Balaban J connectivity index is 1.79. The average molecular weight is 444 g/mol. The highest BCUT2D eigenvalue weighted by atomic mass is 28.4. The molecule has 1 N–H and O–H groups in total. The lowest BCUT2D eigenvalue weighted by Crippen LogP contribution is -2.43. The third-order valence-electron chi connectivity index (χ3n) is 6.36. The lowest BCUT2D eigenvalue weighted by atomic mass is 10.1. The largest absolute Gasteiger partial charge is 0.543 e. The van der Waals surface area contributed by atoms with Gasteiger partial charge in [-0.15, -0.1) is 0 Å². The van der Waals surface area contributed by atoms with E-state index in [1.54, 1.807) is 6.20 Å². The van der Waals surface area contributed by atoms with Crippen molar-refractivity contribution < 1.29 is 14.3 Å². The molecule has 8 nitrogen and oxygen atoms in total. The van der Waals surface area contributed by atoms with E-state index >= 15 is 0 Å². The zero-order chi connectivity index (χ0) is 22.2. The van der Waals surface area contributed by atoms with Crippen LogP contribution in [-0.4, -0.2) is 51.4 Å². The molecule has 2 aromatic heterocycles. The summed E-state index contributed by atoms with van der Waals surface area (Å²) in [5, 5.41) is 24.0. The van der Waals surface area contributed by atoms with Gasteiger partial charge >= 0.3 is 0 Å². The van der Waals surface area contributed by atoms with Crippen molar-refractivity contribution in [2.45, 2.75) is 70.9 Å². The van der Waals surface area contributed by atoms with E-state index in [-0.39, 0.29) is 17.9 Å². The fourth-order valence-corrected chi connectivity index (χ4v) is 4.58. The summed E-state index contributed by atoms with van der Waals surface area (Å²) in [6.45, 7) is 12.3. The van der Waals surface area contributed by atoms with Gasteiger partial charge in [0, 0.05) is 12.0 Å². The number of rotatable bonds is 6. The van der Waals surface area contributed by atoms with E-state index in [2.05, 4.69) is 56.2 Å². The van der Waals surface area contributed by atoms with Crippen molar-refractivity contribution >= 4 is 19.2 Å². The number of benzene rings is 1. The fourth-order valence-electron chi connectivity index (χ4n) is 3.56. The molecule has 0 bridgehead atoms. The van der Waals surface area contributed by atoms with Gasteiger partial charge in [0.2, 0.25) is 8.32 Å². The van der Waals surface area contributed by atoms with Crippen molar-refractivity contribution in [1.29, 1.82) is 0 Å². The molecule has 0 aliphatic carbocycles. The Bertz CT molecular complexity index is 1050. The fraction of sp³-hybridized carbons (Fsp3) is 0.591. The average Bonchev–Trinajstić information content (AvgIpc) is 3.32. The maximum atomic E-state index is 9.21. The molecule has 31 heavy (non-hydrogen) atoms. The first-order valence-corrected chi connectivity index (χ1v) is 13.9. The Morgan fingerprint density at radius 3 is 2.71 bits per heavy atom. The SMILES string of the molecule is CC(C)(C)[Si](C)(C)Oc1ccc2c(c1)c(-c1cnn(CCO)n1)nn2C1CCCCO1. The van der Waals surface area contributed by atoms with Crippen LogP contribution in [0.1, 0.15) is 46.3 Å². The lowest BCUT2D eigenvalue weighted by molar-refractivity contribution is -0.0365. The van der Waals surface area contributed by atoms with Crippen LogP contribution in [0.25, 0.3) is 22.3 Å². The van der Waals surface area contributed by atoms with Crippen LogP contribution in [0.2, 0.25) is 18.1 Å².